The molecule has 2 rings (SSSR count). The minimum Gasteiger partial charge on any atom is -0.314 e. The zero-order valence-corrected chi connectivity index (χ0v) is 12.3. The fourth-order valence-electron chi connectivity index (χ4n) is 2.76. The van der Waals surface area contributed by atoms with E-state index in [1.807, 2.05) is 17.9 Å². The molecular formula is C13H26N6. The Morgan fingerprint density at radius 3 is 3.00 bits per heavy atom. The van der Waals surface area contributed by atoms with Crippen LogP contribution in [0.3, 0.4) is 0 Å². The maximum atomic E-state index is 4.17. The van der Waals surface area contributed by atoms with Crippen LogP contribution >= 0.6 is 0 Å². The summed E-state index contributed by atoms with van der Waals surface area (Å²) in [4.78, 5) is 4.86. The summed E-state index contributed by atoms with van der Waals surface area (Å²) >= 11 is 0. The lowest BCUT2D eigenvalue weighted by atomic mass is 10.2. The molecule has 1 aliphatic rings. The van der Waals surface area contributed by atoms with Crippen LogP contribution < -0.4 is 5.32 Å². The van der Waals surface area contributed by atoms with E-state index in [-0.39, 0.29) is 0 Å². The van der Waals surface area contributed by atoms with Crippen molar-refractivity contribution in [3.63, 3.8) is 0 Å². The van der Waals surface area contributed by atoms with Crippen LogP contribution in [0.5, 0.6) is 0 Å². The van der Waals surface area contributed by atoms with Gasteiger partial charge in [0.2, 0.25) is 0 Å². The van der Waals surface area contributed by atoms with Crippen molar-refractivity contribution in [1.82, 2.24) is 30.1 Å². The van der Waals surface area contributed by atoms with Crippen molar-refractivity contribution in [3.05, 3.63) is 11.9 Å². The summed E-state index contributed by atoms with van der Waals surface area (Å²) in [6, 6.07) is 0.704. The maximum Gasteiger partial charge on any atom is 0.0964 e. The van der Waals surface area contributed by atoms with Gasteiger partial charge in [0, 0.05) is 31.9 Å². The third-order valence-electron chi connectivity index (χ3n) is 3.64. The summed E-state index contributed by atoms with van der Waals surface area (Å²) in [5.74, 6) is 0. The summed E-state index contributed by atoms with van der Waals surface area (Å²) < 4.78 is 1.96. The van der Waals surface area contributed by atoms with Crippen LogP contribution in [0.1, 0.15) is 18.5 Å². The van der Waals surface area contributed by atoms with E-state index >= 15 is 0 Å². The zero-order valence-electron chi connectivity index (χ0n) is 12.3. The number of hydrogen-bond donors (Lipinski definition) is 1. The summed E-state index contributed by atoms with van der Waals surface area (Å²) in [6.45, 7) is 5.16. The molecule has 1 atom stereocenters. The molecule has 0 bridgehead atoms. The van der Waals surface area contributed by atoms with Gasteiger partial charge in [-0.15, -0.1) is 5.10 Å². The van der Waals surface area contributed by atoms with Crippen molar-refractivity contribution in [1.29, 1.82) is 0 Å². The van der Waals surface area contributed by atoms with Crippen LogP contribution in [0.2, 0.25) is 0 Å². The predicted molar refractivity (Wildman–Crippen MR) is 75.9 cm³/mol. The molecule has 1 unspecified atom stereocenters. The maximum absolute atomic E-state index is 4.17. The van der Waals surface area contributed by atoms with Crippen molar-refractivity contribution >= 4 is 0 Å². The summed E-state index contributed by atoms with van der Waals surface area (Å²) in [5.41, 5.74) is 1.01. The van der Waals surface area contributed by atoms with Crippen molar-refractivity contribution < 1.29 is 0 Å². The molecule has 0 aromatic carbocycles. The van der Waals surface area contributed by atoms with E-state index < -0.39 is 0 Å². The minimum atomic E-state index is 0.704. The summed E-state index contributed by atoms with van der Waals surface area (Å²) in [5, 5.41) is 11.4. The first-order valence-electron chi connectivity index (χ1n) is 7.11. The molecule has 0 saturated carbocycles. The van der Waals surface area contributed by atoms with Gasteiger partial charge in [0.1, 0.15) is 0 Å². The van der Waals surface area contributed by atoms with Gasteiger partial charge in [0.05, 0.1) is 12.2 Å². The fourth-order valence-corrected chi connectivity index (χ4v) is 2.76. The van der Waals surface area contributed by atoms with Gasteiger partial charge in [0.25, 0.3) is 0 Å². The van der Waals surface area contributed by atoms with Gasteiger partial charge < -0.3 is 10.2 Å². The van der Waals surface area contributed by atoms with Gasteiger partial charge in [0.15, 0.2) is 0 Å². The fraction of sp³-hybridized carbons (Fsp3) is 0.846. The molecule has 19 heavy (non-hydrogen) atoms. The SMILES string of the molecule is CNCc1cn(CCN2CCCC2CN(C)C)nn1. The molecule has 1 saturated heterocycles. The van der Waals surface area contributed by atoms with Gasteiger partial charge in [-0.25, -0.2) is 0 Å². The van der Waals surface area contributed by atoms with Crippen molar-refractivity contribution in [2.45, 2.75) is 32.0 Å². The predicted octanol–water partition coefficient (Wildman–Crippen LogP) is 0.0235. The number of aromatic nitrogens is 3. The highest BCUT2D eigenvalue weighted by atomic mass is 15.4. The van der Waals surface area contributed by atoms with E-state index in [0.717, 1.165) is 31.9 Å². The van der Waals surface area contributed by atoms with E-state index in [2.05, 4.69) is 39.5 Å². The van der Waals surface area contributed by atoms with Crippen LogP contribution in [0.15, 0.2) is 6.20 Å². The molecular weight excluding hydrogens is 240 g/mol. The average Bonchev–Trinajstić information content (AvgIpc) is 2.96. The van der Waals surface area contributed by atoms with Crippen LogP contribution in [-0.4, -0.2) is 71.6 Å². The molecule has 2 heterocycles. The smallest absolute Gasteiger partial charge is 0.0964 e. The number of likely N-dealkylation sites (tertiary alicyclic amines) is 1. The Labute approximate surface area is 115 Å². The highest BCUT2D eigenvalue weighted by molar-refractivity contribution is 4.91. The summed E-state index contributed by atoms with van der Waals surface area (Å²) in [6.07, 6.45) is 4.68. The number of nitrogens with zero attached hydrogens (tertiary/aromatic N) is 5. The lowest BCUT2D eigenvalue weighted by Crippen LogP contribution is -2.39. The third-order valence-corrected chi connectivity index (χ3v) is 3.64. The second-order valence-corrected chi connectivity index (χ2v) is 5.60. The molecule has 0 radical (unpaired) electrons. The number of rotatable bonds is 7. The topological polar surface area (TPSA) is 49.2 Å². The first-order chi connectivity index (χ1) is 9.19. The van der Waals surface area contributed by atoms with E-state index in [1.165, 1.54) is 19.4 Å². The second-order valence-electron chi connectivity index (χ2n) is 5.60. The van der Waals surface area contributed by atoms with E-state index in [4.69, 9.17) is 0 Å². The molecule has 1 aromatic rings. The largest absolute Gasteiger partial charge is 0.314 e. The van der Waals surface area contributed by atoms with Crippen LogP contribution in [0.4, 0.5) is 0 Å². The molecule has 1 aromatic heterocycles. The molecule has 0 amide bonds. The Bertz CT molecular complexity index is 375. The van der Waals surface area contributed by atoms with Crippen molar-refractivity contribution in [2.75, 3.05) is 40.8 Å². The van der Waals surface area contributed by atoms with Crippen LogP contribution in [-0.2, 0) is 13.1 Å². The molecule has 6 nitrogen and oxygen atoms in total. The number of hydrogen-bond acceptors (Lipinski definition) is 5. The monoisotopic (exact) mass is 266 g/mol. The highest BCUT2D eigenvalue weighted by Gasteiger charge is 2.24. The molecule has 1 N–H and O–H groups in total. The van der Waals surface area contributed by atoms with E-state index in [1.54, 1.807) is 0 Å². The Hall–Kier alpha value is -0.980. The normalized spacial score (nSPS) is 20.5. The van der Waals surface area contributed by atoms with Crippen LogP contribution in [0, 0.1) is 0 Å². The second kappa shape index (κ2) is 6.98. The molecule has 0 aliphatic carbocycles. The lowest BCUT2D eigenvalue weighted by Gasteiger charge is -2.26. The lowest BCUT2D eigenvalue weighted by molar-refractivity contribution is 0.199. The molecule has 0 spiro atoms. The average molecular weight is 266 g/mol. The van der Waals surface area contributed by atoms with E-state index in [0.29, 0.717) is 6.04 Å². The zero-order chi connectivity index (χ0) is 13.7. The van der Waals surface area contributed by atoms with Crippen LogP contribution in [0.25, 0.3) is 0 Å². The van der Waals surface area contributed by atoms with Gasteiger partial charge in [-0.2, -0.15) is 0 Å². The van der Waals surface area contributed by atoms with Gasteiger partial charge >= 0.3 is 0 Å². The Morgan fingerprint density at radius 2 is 2.26 bits per heavy atom. The highest BCUT2D eigenvalue weighted by Crippen LogP contribution is 2.17. The van der Waals surface area contributed by atoms with Gasteiger partial charge in [-0.1, -0.05) is 5.21 Å². The molecule has 1 fully saturated rings. The molecule has 6 heteroatoms. The summed E-state index contributed by atoms with van der Waals surface area (Å²) in [7, 11) is 6.23. The Kier molecular flexibility index (Phi) is 5.30. The Balaban J connectivity index is 1.80. The quantitative estimate of drug-likeness (QED) is 0.754. The van der Waals surface area contributed by atoms with Crippen molar-refractivity contribution in [3.8, 4) is 0 Å². The molecule has 108 valence electrons. The van der Waals surface area contributed by atoms with E-state index in [9.17, 15) is 0 Å². The first kappa shape index (κ1) is 14.4. The third kappa shape index (κ3) is 4.26. The number of likely N-dealkylation sites (N-methyl/N-ethyl adjacent to an activating group) is 1. The standard InChI is InChI=1S/C13H26N6/c1-14-9-12-10-19(16-15-12)8-7-18-6-4-5-13(18)11-17(2)3/h10,13-14H,4-9,11H2,1-3H3. The van der Waals surface area contributed by atoms with Crippen molar-refractivity contribution in [2.24, 2.45) is 0 Å². The van der Waals surface area contributed by atoms with Gasteiger partial charge in [-0.3, -0.25) is 9.58 Å². The Morgan fingerprint density at radius 1 is 1.42 bits per heavy atom. The number of nitrogens with one attached hydrogen (secondary N) is 1. The van der Waals surface area contributed by atoms with Gasteiger partial charge in [-0.05, 0) is 40.5 Å². The minimum absolute atomic E-state index is 0.704. The molecule has 1 aliphatic heterocycles. The first-order valence-corrected chi connectivity index (χ1v) is 7.11.